The summed E-state index contributed by atoms with van der Waals surface area (Å²) in [6, 6.07) is 0. The molecule has 1 saturated heterocycles. The lowest BCUT2D eigenvalue weighted by molar-refractivity contribution is -0.837. The van der Waals surface area contributed by atoms with E-state index in [1.807, 2.05) is 0 Å². The monoisotopic (exact) mass is 438 g/mol. The standard InChI is InChI=1S/C13H11NO16/c15-3(16)11(4(17)18)1-2-14(9(27)28,10(29)30)13(7(23)24,8(25)26)12(11,5(19)20)6(21)22/h1-2H2,(H7-,15,16,17,18,19,20,21,22,23,24,25,26,27,28,29,30)/p+1. The zero-order valence-corrected chi connectivity index (χ0v) is 14.2. The summed E-state index contributed by atoms with van der Waals surface area (Å²) in [7, 11) is 0. The number of quaternary nitrogens is 1. The van der Waals surface area contributed by atoms with Crippen molar-refractivity contribution in [3.05, 3.63) is 0 Å². The Hall–Kier alpha value is -4.28. The van der Waals surface area contributed by atoms with Gasteiger partial charge < -0.3 is 40.9 Å². The normalized spacial score (nSPS) is 20.3. The molecule has 0 unspecified atom stereocenters. The van der Waals surface area contributed by atoms with Crippen LogP contribution in [0.1, 0.15) is 6.42 Å². The van der Waals surface area contributed by atoms with Gasteiger partial charge in [0, 0.05) is 6.42 Å². The van der Waals surface area contributed by atoms with Crippen LogP contribution in [0.4, 0.5) is 9.59 Å². The Morgan fingerprint density at radius 3 is 1.07 bits per heavy atom. The Bertz CT molecular complexity index is 784. The van der Waals surface area contributed by atoms with Gasteiger partial charge in [-0.2, -0.15) is 9.59 Å². The zero-order chi connectivity index (χ0) is 24.0. The number of piperidine rings is 1. The van der Waals surface area contributed by atoms with E-state index in [0.717, 1.165) is 0 Å². The van der Waals surface area contributed by atoms with Gasteiger partial charge in [0.05, 0.1) is 0 Å². The number of hydrogen-bond donors (Lipinski definition) is 8. The topological polar surface area (TPSA) is 298 Å². The van der Waals surface area contributed by atoms with Gasteiger partial charge in [-0.15, -0.1) is 0 Å². The highest BCUT2D eigenvalue weighted by atomic mass is 16.5. The largest absolute Gasteiger partial charge is 0.525 e. The number of likely N-dealkylation sites (tertiary alicyclic amines) is 1. The molecule has 0 radical (unpaired) electrons. The van der Waals surface area contributed by atoms with Gasteiger partial charge in [-0.3, -0.25) is 19.2 Å². The SMILES string of the molecule is O=C(O)C1(C(=O)O)CC[N+](C(=O)O)(C(=O)O)C(C(=O)O)(C(=O)O)C1(C(=O)O)C(=O)O. The van der Waals surface area contributed by atoms with Crippen molar-refractivity contribution in [2.24, 2.45) is 10.8 Å². The van der Waals surface area contributed by atoms with E-state index in [1.54, 1.807) is 0 Å². The average Bonchev–Trinajstić information content (AvgIpc) is 2.57. The van der Waals surface area contributed by atoms with Crippen molar-refractivity contribution in [1.29, 1.82) is 0 Å². The van der Waals surface area contributed by atoms with Crippen molar-refractivity contribution >= 4 is 48.0 Å². The molecule has 0 spiro atoms. The van der Waals surface area contributed by atoms with Crippen molar-refractivity contribution in [3.63, 3.8) is 0 Å². The van der Waals surface area contributed by atoms with Crippen molar-refractivity contribution in [3.8, 4) is 0 Å². The predicted molar refractivity (Wildman–Crippen MR) is 79.2 cm³/mol. The van der Waals surface area contributed by atoms with Crippen molar-refractivity contribution < 1.29 is 83.7 Å². The summed E-state index contributed by atoms with van der Waals surface area (Å²) in [6.45, 7) is -1.93. The Balaban J connectivity index is 4.74. The summed E-state index contributed by atoms with van der Waals surface area (Å²) in [4.78, 5) is 95.5. The molecule has 1 aliphatic rings. The maximum absolute atomic E-state index is 12.1. The molecular weight excluding hydrogens is 426 g/mol. The molecular formula is C13H12NO16+. The first kappa shape index (κ1) is 23.8. The molecule has 0 aromatic rings. The number of aliphatic carboxylic acids is 6. The van der Waals surface area contributed by atoms with Gasteiger partial charge in [-0.05, 0) is 0 Å². The predicted octanol–water partition coefficient (Wildman–Crippen LogP) is -2.22. The van der Waals surface area contributed by atoms with Gasteiger partial charge in [0.2, 0.25) is 5.41 Å². The second-order valence-electron chi connectivity index (χ2n) is 6.05. The van der Waals surface area contributed by atoms with Gasteiger partial charge in [-0.25, -0.2) is 9.59 Å². The molecule has 0 aromatic carbocycles. The molecule has 17 heteroatoms. The first-order valence-electron chi connectivity index (χ1n) is 7.26. The third-order valence-electron chi connectivity index (χ3n) is 5.22. The summed E-state index contributed by atoms with van der Waals surface area (Å²) in [5, 5.41) is 76.1. The third-order valence-corrected chi connectivity index (χ3v) is 5.22. The van der Waals surface area contributed by atoms with Gasteiger partial charge in [0.25, 0.3) is 5.41 Å². The van der Waals surface area contributed by atoms with Crippen LogP contribution < -0.4 is 0 Å². The van der Waals surface area contributed by atoms with Gasteiger partial charge >= 0.3 is 53.5 Å². The van der Waals surface area contributed by atoms with Crippen LogP contribution in [0.15, 0.2) is 0 Å². The van der Waals surface area contributed by atoms with Crippen molar-refractivity contribution in [2.75, 3.05) is 6.54 Å². The molecule has 8 N–H and O–H groups in total. The number of rotatable bonds is 6. The molecule has 30 heavy (non-hydrogen) atoms. The second kappa shape index (κ2) is 6.65. The summed E-state index contributed by atoms with van der Waals surface area (Å²) in [6.07, 6.45) is -7.69. The molecule has 1 rings (SSSR count). The molecule has 0 bridgehead atoms. The highest BCUT2D eigenvalue weighted by molar-refractivity contribution is 6.23. The molecule has 2 amide bonds. The minimum absolute atomic E-state index is 1.89. The van der Waals surface area contributed by atoms with Crippen LogP contribution in [0.2, 0.25) is 0 Å². The maximum atomic E-state index is 12.1. The first-order valence-corrected chi connectivity index (χ1v) is 7.26. The number of carboxylic acid groups (broad SMARTS) is 8. The van der Waals surface area contributed by atoms with Crippen LogP contribution >= 0.6 is 0 Å². The van der Waals surface area contributed by atoms with E-state index in [0.29, 0.717) is 0 Å². The van der Waals surface area contributed by atoms with E-state index < -0.39 is 81.8 Å². The maximum Gasteiger partial charge on any atom is 0.525 e. The molecule has 17 nitrogen and oxygen atoms in total. The number of amides is 2. The Morgan fingerprint density at radius 1 is 0.533 bits per heavy atom. The number of nitrogens with zero attached hydrogens (tertiary/aromatic N) is 1. The highest BCUT2D eigenvalue weighted by Gasteiger charge is 2.97. The number of carboxylic acids is 6. The van der Waals surface area contributed by atoms with Crippen LogP contribution in [-0.4, -0.2) is 105 Å². The lowest BCUT2D eigenvalue weighted by Gasteiger charge is -2.54. The lowest BCUT2D eigenvalue weighted by atomic mass is 9.48. The minimum atomic E-state index is -5.10. The summed E-state index contributed by atoms with van der Waals surface area (Å²) < 4.78 is -3.38. The highest BCUT2D eigenvalue weighted by Crippen LogP contribution is 2.60. The molecule has 1 heterocycles. The van der Waals surface area contributed by atoms with Gasteiger partial charge in [-0.1, -0.05) is 4.48 Å². The number of hydrogen-bond acceptors (Lipinski definition) is 8. The lowest BCUT2D eigenvalue weighted by Crippen LogP contribution is -2.91. The smallest absolute Gasteiger partial charge is 0.480 e. The Labute approximate surface area is 162 Å². The summed E-state index contributed by atoms with van der Waals surface area (Å²) in [5.41, 5.74) is -14.5. The second-order valence-corrected chi connectivity index (χ2v) is 6.05. The molecule has 0 aliphatic carbocycles. The zero-order valence-electron chi connectivity index (χ0n) is 14.2. The van der Waals surface area contributed by atoms with Crippen molar-refractivity contribution in [2.45, 2.75) is 12.0 Å². The quantitative estimate of drug-likeness (QED) is 0.161. The molecule has 164 valence electrons. The molecule has 0 aromatic heterocycles. The third kappa shape index (κ3) is 2.03. The van der Waals surface area contributed by atoms with E-state index in [-0.39, 0.29) is 0 Å². The molecule has 1 fully saturated rings. The van der Waals surface area contributed by atoms with Crippen LogP contribution in [0.25, 0.3) is 0 Å². The van der Waals surface area contributed by atoms with Crippen LogP contribution in [0.3, 0.4) is 0 Å². The number of carbonyl (C=O) groups is 8. The van der Waals surface area contributed by atoms with Gasteiger partial charge in [0.15, 0.2) is 0 Å². The first-order chi connectivity index (χ1) is 13.5. The van der Waals surface area contributed by atoms with E-state index in [4.69, 9.17) is 0 Å². The van der Waals surface area contributed by atoms with E-state index in [1.165, 1.54) is 0 Å². The minimum Gasteiger partial charge on any atom is -0.480 e. The summed E-state index contributed by atoms with van der Waals surface area (Å²) in [5.74, 6) is -18.6. The molecule has 0 saturated carbocycles. The Morgan fingerprint density at radius 2 is 0.867 bits per heavy atom. The van der Waals surface area contributed by atoms with E-state index in [9.17, 15) is 79.2 Å². The number of imide groups is 1. The van der Waals surface area contributed by atoms with E-state index >= 15 is 0 Å². The van der Waals surface area contributed by atoms with Crippen LogP contribution in [0.5, 0.6) is 0 Å². The fourth-order valence-electron chi connectivity index (χ4n) is 3.98. The molecule has 1 aliphatic heterocycles. The molecule has 0 atom stereocenters. The van der Waals surface area contributed by atoms with Crippen LogP contribution in [0, 0.1) is 10.8 Å². The Kier molecular flexibility index (Phi) is 5.27. The fraction of sp³-hybridized carbons (Fsp3) is 0.385. The van der Waals surface area contributed by atoms with E-state index in [2.05, 4.69) is 0 Å². The van der Waals surface area contributed by atoms with Crippen LogP contribution in [-0.2, 0) is 28.8 Å². The fourth-order valence-corrected chi connectivity index (χ4v) is 3.98. The van der Waals surface area contributed by atoms with Crippen molar-refractivity contribution in [1.82, 2.24) is 0 Å². The van der Waals surface area contributed by atoms with Gasteiger partial charge in [0.1, 0.15) is 6.54 Å². The summed E-state index contributed by atoms with van der Waals surface area (Å²) >= 11 is 0. The average molecular weight is 438 g/mol.